The van der Waals surface area contributed by atoms with Gasteiger partial charge in [-0.25, -0.2) is 0 Å². The van der Waals surface area contributed by atoms with E-state index in [1.807, 2.05) is 25.2 Å². The van der Waals surface area contributed by atoms with Crippen molar-refractivity contribution in [2.45, 2.75) is 50.9 Å². The Bertz CT molecular complexity index is 431. The molecule has 0 amide bonds. The highest BCUT2D eigenvalue weighted by atomic mass is 28.4. The van der Waals surface area contributed by atoms with Crippen molar-refractivity contribution in [3.05, 3.63) is 24.3 Å². The Balaban J connectivity index is 2.21. The van der Waals surface area contributed by atoms with E-state index in [0.29, 0.717) is 6.42 Å². The molecule has 4 heteroatoms. The summed E-state index contributed by atoms with van der Waals surface area (Å²) in [5.74, 6) is 0.204. The first-order valence-corrected chi connectivity index (χ1v) is 9.85. The van der Waals surface area contributed by atoms with Crippen molar-refractivity contribution in [2.75, 3.05) is 0 Å². The molecule has 0 spiro atoms. The summed E-state index contributed by atoms with van der Waals surface area (Å²) in [7, 11) is -2.27. The van der Waals surface area contributed by atoms with Gasteiger partial charge in [0.1, 0.15) is 6.10 Å². The van der Waals surface area contributed by atoms with Crippen molar-refractivity contribution >= 4 is 14.3 Å². The van der Waals surface area contributed by atoms with Crippen molar-refractivity contribution in [1.29, 1.82) is 0 Å². The van der Waals surface area contributed by atoms with Gasteiger partial charge in [-0.15, -0.1) is 0 Å². The SMILES string of the molecule is C=C1C=C[C@@H]2CC(=O)O[C@@H]2[C@@H]1CC(C)(C)[Si](C)(C)O. The molecule has 106 valence electrons. The molecule has 0 saturated carbocycles. The van der Waals surface area contributed by atoms with Crippen LogP contribution < -0.4 is 0 Å². The summed E-state index contributed by atoms with van der Waals surface area (Å²) in [5.41, 5.74) is 1.02. The summed E-state index contributed by atoms with van der Waals surface area (Å²) < 4.78 is 5.49. The highest BCUT2D eigenvalue weighted by Crippen LogP contribution is 2.48. The van der Waals surface area contributed by atoms with E-state index in [0.717, 1.165) is 12.0 Å². The molecule has 2 aliphatic rings. The molecule has 19 heavy (non-hydrogen) atoms. The first kappa shape index (κ1) is 14.5. The molecule has 0 aromatic carbocycles. The van der Waals surface area contributed by atoms with Crippen molar-refractivity contribution in [3.63, 3.8) is 0 Å². The van der Waals surface area contributed by atoms with Gasteiger partial charge in [-0.1, -0.05) is 32.6 Å². The second kappa shape index (κ2) is 4.60. The van der Waals surface area contributed by atoms with Crippen molar-refractivity contribution in [1.82, 2.24) is 0 Å². The number of hydrogen-bond donors (Lipinski definition) is 1. The summed E-state index contributed by atoms with van der Waals surface area (Å²) in [5, 5.41) is -0.134. The summed E-state index contributed by atoms with van der Waals surface area (Å²) in [6.07, 6.45) is 5.28. The summed E-state index contributed by atoms with van der Waals surface area (Å²) in [6.45, 7) is 12.2. The van der Waals surface area contributed by atoms with Crippen molar-refractivity contribution in [2.24, 2.45) is 11.8 Å². The smallest absolute Gasteiger partial charge is 0.306 e. The lowest BCUT2D eigenvalue weighted by atomic mass is 9.76. The van der Waals surface area contributed by atoms with Gasteiger partial charge < -0.3 is 9.53 Å². The zero-order chi connectivity index (χ0) is 14.4. The normalized spacial score (nSPS) is 31.3. The fourth-order valence-electron chi connectivity index (χ4n) is 2.78. The Morgan fingerprint density at radius 2 is 2.16 bits per heavy atom. The topological polar surface area (TPSA) is 46.5 Å². The molecule has 0 bridgehead atoms. The van der Waals surface area contributed by atoms with Gasteiger partial charge in [0, 0.05) is 11.8 Å². The van der Waals surface area contributed by atoms with E-state index in [1.54, 1.807) is 0 Å². The van der Waals surface area contributed by atoms with Crippen LogP contribution in [-0.4, -0.2) is 25.2 Å². The number of allylic oxidation sites excluding steroid dienone is 1. The molecule has 1 saturated heterocycles. The van der Waals surface area contributed by atoms with Gasteiger partial charge in [-0.05, 0) is 30.1 Å². The molecule has 2 rings (SSSR count). The van der Waals surface area contributed by atoms with E-state index >= 15 is 0 Å². The zero-order valence-corrected chi connectivity index (χ0v) is 13.3. The molecule has 0 radical (unpaired) electrons. The Morgan fingerprint density at radius 3 is 2.74 bits per heavy atom. The van der Waals surface area contributed by atoms with Crippen LogP contribution in [0.25, 0.3) is 0 Å². The zero-order valence-electron chi connectivity index (χ0n) is 12.3. The lowest BCUT2D eigenvalue weighted by Gasteiger charge is -2.41. The lowest BCUT2D eigenvalue weighted by Crippen LogP contribution is -2.42. The van der Waals surface area contributed by atoms with Crippen LogP contribution in [0.15, 0.2) is 24.3 Å². The molecule has 3 nitrogen and oxygen atoms in total. The minimum absolute atomic E-state index is 0.0828. The molecule has 1 fully saturated rings. The average molecular weight is 280 g/mol. The van der Waals surface area contributed by atoms with Gasteiger partial charge in [0.15, 0.2) is 8.32 Å². The predicted octanol–water partition coefficient (Wildman–Crippen LogP) is 3.03. The molecule has 1 N–H and O–H groups in total. The van der Waals surface area contributed by atoms with Gasteiger partial charge in [-0.3, -0.25) is 4.79 Å². The number of fused-ring (bicyclic) bond motifs is 1. The predicted molar refractivity (Wildman–Crippen MR) is 78.1 cm³/mol. The van der Waals surface area contributed by atoms with E-state index in [4.69, 9.17) is 4.74 Å². The second-order valence-electron chi connectivity index (χ2n) is 7.01. The molecule has 1 aliphatic heterocycles. The maximum Gasteiger partial charge on any atom is 0.306 e. The van der Waals surface area contributed by atoms with Gasteiger partial charge in [0.2, 0.25) is 0 Å². The van der Waals surface area contributed by atoms with E-state index in [1.165, 1.54) is 0 Å². The molecular formula is C15H24O3Si. The fourth-order valence-corrected chi connectivity index (χ4v) is 3.50. The van der Waals surface area contributed by atoms with Gasteiger partial charge in [0.05, 0.1) is 6.42 Å². The number of carbonyl (C=O) groups excluding carboxylic acids is 1. The maximum atomic E-state index is 11.5. The van der Waals surface area contributed by atoms with Crippen LogP contribution in [0.5, 0.6) is 0 Å². The van der Waals surface area contributed by atoms with E-state index in [-0.39, 0.29) is 28.9 Å². The molecule has 3 atom stereocenters. The van der Waals surface area contributed by atoms with Crippen LogP contribution in [0.2, 0.25) is 18.1 Å². The number of esters is 1. The van der Waals surface area contributed by atoms with Crippen LogP contribution in [-0.2, 0) is 9.53 Å². The largest absolute Gasteiger partial charge is 0.461 e. The van der Waals surface area contributed by atoms with Gasteiger partial charge >= 0.3 is 5.97 Å². The highest BCUT2D eigenvalue weighted by molar-refractivity contribution is 6.72. The minimum atomic E-state index is -2.27. The molecule has 0 aromatic rings. The second-order valence-corrected chi connectivity index (χ2v) is 11.5. The van der Waals surface area contributed by atoms with E-state index < -0.39 is 8.32 Å². The maximum absolute atomic E-state index is 11.5. The monoisotopic (exact) mass is 280 g/mol. The lowest BCUT2D eigenvalue weighted by molar-refractivity contribution is -0.143. The van der Waals surface area contributed by atoms with E-state index in [2.05, 4.69) is 20.4 Å². The summed E-state index contributed by atoms with van der Waals surface area (Å²) >= 11 is 0. The molecule has 1 aliphatic carbocycles. The molecular weight excluding hydrogens is 256 g/mol. The third-order valence-corrected chi connectivity index (χ3v) is 8.43. The van der Waals surface area contributed by atoms with Gasteiger partial charge in [-0.2, -0.15) is 0 Å². The first-order chi connectivity index (χ1) is 8.62. The number of carbonyl (C=O) groups is 1. The third kappa shape index (κ3) is 2.70. The summed E-state index contributed by atoms with van der Waals surface area (Å²) in [6, 6.07) is 0. The van der Waals surface area contributed by atoms with Crippen LogP contribution in [0.3, 0.4) is 0 Å². The first-order valence-electron chi connectivity index (χ1n) is 6.91. The molecule has 1 heterocycles. The van der Waals surface area contributed by atoms with Gasteiger partial charge in [0.25, 0.3) is 0 Å². The van der Waals surface area contributed by atoms with Crippen LogP contribution in [0.4, 0.5) is 0 Å². The Kier molecular flexibility index (Phi) is 3.52. The Hall–Kier alpha value is -0.873. The Labute approximate surface area is 116 Å². The van der Waals surface area contributed by atoms with Crippen LogP contribution >= 0.6 is 0 Å². The summed E-state index contributed by atoms with van der Waals surface area (Å²) in [4.78, 5) is 21.9. The van der Waals surface area contributed by atoms with Crippen LogP contribution in [0.1, 0.15) is 26.7 Å². The molecule has 0 unspecified atom stereocenters. The third-order valence-electron chi connectivity index (χ3n) is 4.91. The number of hydrogen-bond acceptors (Lipinski definition) is 3. The minimum Gasteiger partial charge on any atom is -0.461 e. The molecule has 0 aromatic heterocycles. The highest BCUT2D eigenvalue weighted by Gasteiger charge is 2.47. The van der Waals surface area contributed by atoms with Crippen LogP contribution in [0, 0.1) is 11.8 Å². The Morgan fingerprint density at radius 1 is 1.53 bits per heavy atom. The van der Waals surface area contributed by atoms with E-state index in [9.17, 15) is 9.59 Å². The standard InChI is InChI=1S/C15H24O3Si/c1-10-6-7-11-8-13(16)18-14(11)12(10)9-15(2,3)19(4,5)17/h6-7,11-12,14,17H,1,8-9H2,2-5H3/t11-,12-,14+/m1/s1. The number of ether oxygens (including phenoxy) is 1. The van der Waals surface area contributed by atoms with Crippen molar-refractivity contribution < 1.29 is 14.3 Å². The fraction of sp³-hybridized carbons (Fsp3) is 0.667. The average Bonchev–Trinajstić information content (AvgIpc) is 2.62. The van der Waals surface area contributed by atoms with Crippen molar-refractivity contribution in [3.8, 4) is 0 Å². The number of rotatable bonds is 3. The quantitative estimate of drug-likeness (QED) is 0.638.